The van der Waals surface area contributed by atoms with Crippen molar-refractivity contribution >= 4 is 46.6 Å². The van der Waals surface area contributed by atoms with Crippen molar-refractivity contribution in [2.24, 2.45) is 0 Å². The molecule has 2 atom stereocenters. The summed E-state index contributed by atoms with van der Waals surface area (Å²) in [6.07, 6.45) is -0.673. The number of rotatable bonds is 4. The highest BCUT2D eigenvalue weighted by Crippen LogP contribution is 2.44. The second kappa shape index (κ2) is 8.78. The van der Waals surface area contributed by atoms with Gasteiger partial charge in [0.1, 0.15) is 0 Å². The Morgan fingerprint density at radius 3 is 2.44 bits per heavy atom. The first-order valence-corrected chi connectivity index (χ1v) is 11.6. The lowest BCUT2D eigenvalue weighted by atomic mass is 9.96. The van der Waals surface area contributed by atoms with Crippen LogP contribution in [0.5, 0.6) is 0 Å². The highest BCUT2D eigenvalue weighted by Gasteiger charge is 2.48. The molecule has 6 nitrogen and oxygen atoms in total. The van der Waals surface area contributed by atoms with Crippen molar-refractivity contribution in [1.29, 1.82) is 0 Å². The van der Waals surface area contributed by atoms with Crippen LogP contribution in [-0.2, 0) is 16.0 Å². The minimum atomic E-state index is -1.14. The Labute approximate surface area is 207 Å². The number of carbonyl (C=O) groups excluding carboxylic acids is 3. The SMILES string of the molecule is CN1C(=O)C(NC(=O)CCc2ccc(Cl)cc2Cl)N2C(=O)c3ccccc3C2c2ccccc21. The number of hydrogen-bond donors (Lipinski definition) is 1. The number of nitrogens with one attached hydrogen (secondary N) is 1. The Bertz CT molecular complexity index is 1330. The van der Waals surface area contributed by atoms with Crippen molar-refractivity contribution in [2.45, 2.75) is 25.0 Å². The smallest absolute Gasteiger partial charge is 0.270 e. The highest BCUT2D eigenvalue weighted by atomic mass is 35.5. The molecule has 0 bridgehead atoms. The van der Waals surface area contributed by atoms with Crippen LogP contribution in [0.3, 0.4) is 0 Å². The minimum absolute atomic E-state index is 0.0987. The van der Waals surface area contributed by atoms with Gasteiger partial charge in [0.15, 0.2) is 6.17 Å². The summed E-state index contributed by atoms with van der Waals surface area (Å²) < 4.78 is 0. The van der Waals surface area contributed by atoms with E-state index in [0.29, 0.717) is 27.7 Å². The average Bonchev–Trinajstić information content (AvgIpc) is 3.08. The lowest BCUT2D eigenvalue weighted by molar-refractivity contribution is -0.130. The summed E-state index contributed by atoms with van der Waals surface area (Å²) in [7, 11) is 1.66. The molecule has 0 spiro atoms. The highest BCUT2D eigenvalue weighted by molar-refractivity contribution is 6.35. The van der Waals surface area contributed by atoms with Gasteiger partial charge in [-0.1, -0.05) is 65.7 Å². The number of aryl methyl sites for hydroxylation is 1. The standard InChI is InChI=1S/C26H21Cl2N3O3/c1-30-21-9-5-4-8-19(21)23-17-6-2-3-7-18(17)25(33)31(23)24(26(30)34)29-22(32)13-11-15-10-12-16(27)14-20(15)28/h2-10,12,14,23-24H,11,13H2,1H3,(H,29,32). The van der Waals surface area contributed by atoms with Crippen LogP contribution < -0.4 is 10.2 Å². The van der Waals surface area contributed by atoms with Gasteiger partial charge in [0.05, 0.1) is 6.04 Å². The summed E-state index contributed by atoms with van der Waals surface area (Å²) in [6, 6.07) is 19.5. The first-order valence-electron chi connectivity index (χ1n) is 10.9. The monoisotopic (exact) mass is 493 g/mol. The van der Waals surface area contributed by atoms with Gasteiger partial charge in [-0.05, 0) is 41.8 Å². The molecule has 0 saturated carbocycles. The fourth-order valence-corrected chi connectivity index (χ4v) is 5.20. The minimum Gasteiger partial charge on any atom is -0.328 e. The number of para-hydroxylation sites is 1. The van der Waals surface area contributed by atoms with E-state index in [1.54, 1.807) is 37.4 Å². The van der Waals surface area contributed by atoms with Crippen molar-refractivity contribution in [3.63, 3.8) is 0 Å². The van der Waals surface area contributed by atoms with Gasteiger partial charge in [0.25, 0.3) is 11.8 Å². The van der Waals surface area contributed by atoms with E-state index < -0.39 is 12.2 Å². The number of hydrogen-bond acceptors (Lipinski definition) is 3. The fraction of sp³-hybridized carbons (Fsp3) is 0.192. The molecule has 2 heterocycles. The van der Waals surface area contributed by atoms with E-state index in [0.717, 1.165) is 16.7 Å². The van der Waals surface area contributed by atoms with Crippen LogP contribution >= 0.6 is 23.2 Å². The number of likely N-dealkylation sites (N-methyl/N-ethyl adjacent to an activating group) is 1. The number of carbonyl (C=O) groups is 3. The molecule has 34 heavy (non-hydrogen) atoms. The van der Waals surface area contributed by atoms with Crippen LogP contribution in [0.25, 0.3) is 0 Å². The molecular formula is C26H21Cl2N3O3. The van der Waals surface area contributed by atoms with Crippen molar-refractivity contribution in [3.05, 3.63) is 99.0 Å². The molecule has 5 rings (SSSR count). The van der Waals surface area contributed by atoms with Gasteiger partial charge < -0.3 is 10.2 Å². The van der Waals surface area contributed by atoms with Gasteiger partial charge in [-0.25, -0.2) is 0 Å². The normalized spacial score (nSPS) is 18.8. The Kier molecular flexibility index (Phi) is 5.80. The Hall–Kier alpha value is -3.35. The number of nitrogens with zero attached hydrogens (tertiary/aromatic N) is 2. The van der Waals surface area contributed by atoms with Crippen LogP contribution in [-0.4, -0.2) is 35.8 Å². The lowest BCUT2D eigenvalue weighted by Gasteiger charge is -2.31. The molecule has 0 fully saturated rings. The van der Waals surface area contributed by atoms with Crippen LogP contribution in [0.1, 0.15) is 39.5 Å². The molecule has 3 amide bonds. The third-order valence-electron chi connectivity index (χ3n) is 6.37. The van der Waals surface area contributed by atoms with Crippen LogP contribution in [0.4, 0.5) is 5.69 Å². The molecular weight excluding hydrogens is 473 g/mol. The van der Waals surface area contributed by atoms with Gasteiger partial charge in [-0.3, -0.25) is 19.3 Å². The summed E-state index contributed by atoms with van der Waals surface area (Å²) in [5.41, 5.74) is 3.67. The number of fused-ring (bicyclic) bond motifs is 5. The zero-order valence-electron chi connectivity index (χ0n) is 18.3. The molecule has 3 aromatic rings. The van der Waals surface area contributed by atoms with E-state index in [4.69, 9.17) is 23.2 Å². The van der Waals surface area contributed by atoms with Crippen LogP contribution in [0.15, 0.2) is 66.7 Å². The molecule has 8 heteroatoms. The predicted octanol–water partition coefficient (Wildman–Crippen LogP) is 4.59. The summed E-state index contributed by atoms with van der Waals surface area (Å²) in [5, 5.41) is 3.81. The number of anilines is 1. The first kappa shape index (κ1) is 22.4. The van der Waals surface area contributed by atoms with E-state index in [1.807, 2.05) is 36.4 Å². The van der Waals surface area contributed by atoms with E-state index in [-0.39, 0.29) is 24.1 Å². The molecule has 2 unspecified atom stereocenters. The Balaban J connectivity index is 1.47. The summed E-state index contributed by atoms with van der Waals surface area (Å²) in [5.74, 6) is -1.02. The molecule has 1 N–H and O–H groups in total. The lowest BCUT2D eigenvalue weighted by Crippen LogP contribution is -2.56. The molecule has 2 aliphatic heterocycles. The maximum absolute atomic E-state index is 13.5. The third-order valence-corrected chi connectivity index (χ3v) is 6.95. The number of amides is 3. The second-order valence-corrected chi connectivity index (χ2v) is 9.21. The topological polar surface area (TPSA) is 69.7 Å². The second-order valence-electron chi connectivity index (χ2n) is 8.36. The third kappa shape index (κ3) is 3.73. The van der Waals surface area contributed by atoms with Crippen LogP contribution in [0.2, 0.25) is 10.0 Å². The molecule has 0 radical (unpaired) electrons. The van der Waals surface area contributed by atoms with Crippen molar-refractivity contribution < 1.29 is 14.4 Å². The van der Waals surface area contributed by atoms with Crippen molar-refractivity contribution in [1.82, 2.24) is 10.2 Å². The molecule has 3 aromatic carbocycles. The molecule has 172 valence electrons. The summed E-state index contributed by atoms with van der Waals surface area (Å²) in [4.78, 5) is 43.0. The Morgan fingerprint density at radius 1 is 0.971 bits per heavy atom. The largest absolute Gasteiger partial charge is 0.328 e. The van der Waals surface area contributed by atoms with Crippen LogP contribution in [0, 0.1) is 0 Å². The van der Waals surface area contributed by atoms with Gasteiger partial charge in [0, 0.05) is 40.3 Å². The number of halogens is 2. The maximum Gasteiger partial charge on any atom is 0.270 e. The van der Waals surface area contributed by atoms with Gasteiger partial charge >= 0.3 is 0 Å². The van der Waals surface area contributed by atoms with E-state index >= 15 is 0 Å². The Morgan fingerprint density at radius 2 is 1.68 bits per heavy atom. The number of benzene rings is 3. The maximum atomic E-state index is 13.5. The van der Waals surface area contributed by atoms with Gasteiger partial charge in [-0.15, -0.1) is 0 Å². The summed E-state index contributed by atoms with van der Waals surface area (Å²) in [6.45, 7) is 0. The average molecular weight is 494 g/mol. The molecule has 2 aliphatic rings. The first-order chi connectivity index (χ1) is 16.4. The van der Waals surface area contributed by atoms with E-state index in [2.05, 4.69) is 5.32 Å². The van der Waals surface area contributed by atoms with E-state index in [9.17, 15) is 14.4 Å². The predicted molar refractivity (Wildman–Crippen MR) is 131 cm³/mol. The van der Waals surface area contributed by atoms with Crippen molar-refractivity contribution in [3.8, 4) is 0 Å². The molecule has 0 saturated heterocycles. The molecule has 0 aliphatic carbocycles. The zero-order valence-corrected chi connectivity index (χ0v) is 19.8. The quantitative estimate of drug-likeness (QED) is 0.577. The van der Waals surface area contributed by atoms with Gasteiger partial charge in [0.2, 0.25) is 5.91 Å². The van der Waals surface area contributed by atoms with E-state index in [1.165, 1.54) is 9.80 Å². The summed E-state index contributed by atoms with van der Waals surface area (Å²) >= 11 is 12.2. The van der Waals surface area contributed by atoms with Gasteiger partial charge in [-0.2, -0.15) is 0 Å². The zero-order chi connectivity index (χ0) is 24.0. The fourth-order valence-electron chi connectivity index (χ4n) is 4.69. The molecule has 0 aromatic heterocycles. The van der Waals surface area contributed by atoms with Crippen molar-refractivity contribution in [2.75, 3.05) is 11.9 Å².